The molecule has 17 heavy (non-hydrogen) atoms. The van der Waals surface area contributed by atoms with Crippen LogP contribution in [0.1, 0.15) is 37.2 Å². The molecule has 0 atom stereocenters. The molecule has 0 unspecified atom stereocenters. The zero-order valence-corrected chi connectivity index (χ0v) is 9.89. The van der Waals surface area contributed by atoms with E-state index in [1.807, 2.05) is 12.1 Å². The number of nitrogens with zero attached hydrogens (tertiary/aromatic N) is 1. The standard InChI is InChI=1S/C13H17NO3/c1-17-11-6-7-12(13(15)8-11)9-2-4-10(14-16)5-3-9/h6-9,15-16H,2-5H2,1H3. The molecule has 1 aromatic carbocycles. The van der Waals surface area contributed by atoms with Crippen LogP contribution in [0.25, 0.3) is 0 Å². The van der Waals surface area contributed by atoms with Crippen LogP contribution in [0.4, 0.5) is 0 Å². The van der Waals surface area contributed by atoms with Crippen LogP contribution in [-0.2, 0) is 0 Å². The molecular weight excluding hydrogens is 218 g/mol. The van der Waals surface area contributed by atoms with Gasteiger partial charge in [-0.25, -0.2) is 0 Å². The highest BCUT2D eigenvalue weighted by Crippen LogP contribution is 2.37. The Labute approximate surface area is 101 Å². The van der Waals surface area contributed by atoms with Gasteiger partial charge >= 0.3 is 0 Å². The molecule has 0 amide bonds. The van der Waals surface area contributed by atoms with Crippen molar-refractivity contribution in [3.05, 3.63) is 23.8 Å². The minimum absolute atomic E-state index is 0.290. The summed E-state index contributed by atoms with van der Waals surface area (Å²) in [5.41, 5.74) is 1.82. The second-order valence-electron chi connectivity index (χ2n) is 4.37. The molecule has 4 nitrogen and oxygen atoms in total. The molecule has 4 heteroatoms. The topological polar surface area (TPSA) is 62.0 Å². The summed E-state index contributed by atoms with van der Waals surface area (Å²) in [4.78, 5) is 0. The number of rotatable bonds is 2. The summed E-state index contributed by atoms with van der Waals surface area (Å²) >= 11 is 0. The number of phenolic OH excluding ortho intramolecular Hbond substituents is 1. The first kappa shape index (κ1) is 11.8. The lowest BCUT2D eigenvalue weighted by molar-refractivity contribution is 0.313. The fraction of sp³-hybridized carbons (Fsp3) is 0.462. The van der Waals surface area contributed by atoms with Gasteiger partial charge in [0.15, 0.2) is 0 Å². The van der Waals surface area contributed by atoms with Gasteiger partial charge < -0.3 is 15.1 Å². The predicted molar refractivity (Wildman–Crippen MR) is 65.1 cm³/mol. The Kier molecular flexibility index (Phi) is 3.52. The predicted octanol–water partition coefficient (Wildman–Crippen LogP) is 2.89. The number of hydrogen-bond donors (Lipinski definition) is 2. The fourth-order valence-corrected chi connectivity index (χ4v) is 2.36. The average Bonchev–Trinajstić information content (AvgIpc) is 2.39. The normalized spacial score (nSPS) is 20.1. The Morgan fingerprint density at radius 2 is 2.00 bits per heavy atom. The van der Waals surface area contributed by atoms with Crippen molar-refractivity contribution in [1.29, 1.82) is 0 Å². The lowest BCUT2D eigenvalue weighted by Gasteiger charge is -2.23. The Morgan fingerprint density at radius 1 is 1.29 bits per heavy atom. The van der Waals surface area contributed by atoms with Gasteiger partial charge in [-0.3, -0.25) is 0 Å². The zero-order chi connectivity index (χ0) is 12.3. The molecule has 0 saturated heterocycles. The Morgan fingerprint density at radius 3 is 2.53 bits per heavy atom. The van der Waals surface area contributed by atoms with E-state index in [4.69, 9.17) is 9.94 Å². The maximum Gasteiger partial charge on any atom is 0.122 e. The monoisotopic (exact) mass is 235 g/mol. The van der Waals surface area contributed by atoms with Gasteiger partial charge in [0, 0.05) is 6.07 Å². The molecule has 0 aromatic heterocycles. The quantitative estimate of drug-likeness (QED) is 0.612. The van der Waals surface area contributed by atoms with E-state index in [0.717, 1.165) is 37.0 Å². The van der Waals surface area contributed by atoms with Gasteiger partial charge in [-0.1, -0.05) is 11.2 Å². The largest absolute Gasteiger partial charge is 0.508 e. The number of methoxy groups -OCH3 is 1. The first-order chi connectivity index (χ1) is 8.24. The number of benzene rings is 1. The van der Waals surface area contributed by atoms with Gasteiger partial charge in [0.25, 0.3) is 0 Å². The van der Waals surface area contributed by atoms with Crippen LogP contribution in [-0.4, -0.2) is 23.1 Å². The number of aromatic hydroxyl groups is 1. The van der Waals surface area contributed by atoms with Crippen molar-refractivity contribution >= 4 is 5.71 Å². The summed E-state index contributed by atoms with van der Waals surface area (Å²) < 4.78 is 5.06. The summed E-state index contributed by atoms with van der Waals surface area (Å²) in [6, 6.07) is 5.43. The van der Waals surface area contributed by atoms with Gasteiger partial charge in [-0.05, 0) is 43.2 Å². The van der Waals surface area contributed by atoms with E-state index in [9.17, 15) is 5.11 Å². The molecule has 2 rings (SSSR count). The van der Waals surface area contributed by atoms with Gasteiger partial charge in [0.2, 0.25) is 0 Å². The number of oxime groups is 1. The summed E-state index contributed by atoms with van der Waals surface area (Å²) in [5, 5.41) is 21.9. The van der Waals surface area contributed by atoms with Crippen molar-refractivity contribution in [3.63, 3.8) is 0 Å². The molecule has 0 heterocycles. The van der Waals surface area contributed by atoms with Crippen LogP contribution < -0.4 is 4.74 Å². The highest BCUT2D eigenvalue weighted by atomic mass is 16.5. The second-order valence-corrected chi connectivity index (χ2v) is 4.37. The fourth-order valence-electron chi connectivity index (χ4n) is 2.36. The van der Waals surface area contributed by atoms with E-state index < -0.39 is 0 Å². The SMILES string of the molecule is COc1ccc(C2CCC(=NO)CC2)c(O)c1. The van der Waals surface area contributed by atoms with Crippen molar-refractivity contribution in [3.8, 4) is 11.5 Å². The molecule has 1 aliphatic rings. The van der Waals surface area contributed by atoms with E-state index in [0.29, 0.717) is 17.4 Å². The van der Waals surface area contributed by atoms with Gasteiger partial charge in [0.1, 0.15) is 11.5 Å². The van der Waals surface area contributed by atoms with Crippen molar-refractivity contribution in [2.24, 2.45) is 5.16 Å². The third kappa shape index (κ3) is 2.52. The second kappa shape index (κ2) is 5.08. The van der Waals surface area contributed by atoms with Crippen LogP contribution in [0.15, 0.2) is 23.4 Å². The van der Waals surface area contributed by atoms with E-state index in [1.54, 1.807) is 13.2 Å². The number of hydrogen-bond acceptors (Lipinski definition) is 4. The Hall–Kier alpha value is -1.71. The Balaban J connectivity index is 2.13. The molecule has 92 valence electrons. The molecule has 0 spiro atoms. The minimum Gasteiger partial charge on any atom is -0.508 e. The van der Waals surface area contributed by atoms with E-state index >= 15 is 0 Å². The maximum atomic E-state index is 9.94. The van der Waals surface area contributed by atoms with Crippen molar-refractivity contribution < 1.29 is 15.1 Å². The first-order valence-corrected chi connectivity index (χ1v) is 5.81. The summed E-state index contributed by atoms with van der Waals surface area (Å²) in [6.45, 7) is 0. The summed E-state index contributed by atoms with van der Waals surface area (Å²) in [6.07, 6.45) is 3.43. The molecule has 0 aliphatic heterocycles. The molecule has 2 N–H and O–H groups in total. The first-order valence-electron chi connectivity index (χ1n) is 5.81. The van der Waals surface area contributed by atoms with Crippen LogP contribution >= 0.6 is 0 Å². The van der Waals surface area contributed by atoms with Gasteiger partial charge in [-0.2, -0.15) is 0 Å². The van der Waals surface area contributed by atoms with Crippen molar-refractivity contribution in [1.82, 2.24) is 0 Å². The summed E-state index contributed by atoms with van der Waals surface area (Å²) in [7, 11) is 1.58. The van der Waals surface area contributed by atoms with Gasteiger partial charge in [-0.15, -0.1) is 0 Å². The van der Waals surface area contributed by atoms with E-state index in [1.165, 1.54) is 0 Å². The maximum absolute atomic E-state index is 9.94. The van der Waals surface area contributed by atoms with Crippen LogP contribution in [0.5, 0.6) is 11.5 Å². The molecular formula is C13H17NO3. The molecule has 0 radical (unpaired) electrons. The number of phenols is 1. The highest BCUT2D eigenvalue weighted by molar-refractivity contribution is 5.84. The lowest BCUT2D eigenvalue weighted by atomic mass is 9.83. The van der Waals surface area contributed by atoms with E-state index in [2.05, 4.69) is 5.16 Å². The number of ether oxygens (including phenoxy) is 1. The third-order valence-corrected chi connectivity index (χ3v) is 3.38. The highest BCUT2D eigenvalue weighted by Gasteiger charge is 2.21. The lowest BCUT2D eigenvalue weighted by Crippen LogP contribution is -2.13. The third-order valence-electron chi connectivity index (χ3n) is 3.38. The van der Waals surface area contributed by atoms with Crippen molar-refractivity contribution in [2.75, 3.05) is 7.11 Å². The minimum atomic E-state index is 0.290. The smallest absolute Gasteiger partial charge is 0.122 e. The zero-order valence-electron chi connectivity index (χ0n) is 9.89. The summed E-state index contributed by atoms with van der Waals surface area (Å²) in [5.74, 6) is 1.30. The Bertz CT molecular complexity index is 419. The average molecular weight is 235 g/mol. The molecule has 1 fully saturated rings. The molecule has 1 aliphatic carbocycles. The van der Waals surface area contributed by atoms with Crippen LogP contribution in [0.2, 0.25) is 0 Å². The van der Waals surface area contributed by atoms with E-state index in [-0.39, 0.29) is 0 Å². The molecule has 1 aromatic rings. The van der Waals surface area contributed by atoms with Crippen LogP contribution in [0, 0.1) is 0 Å². The van der Waals surface area contributed by atoms with Crippen LogP contribution in [0.3, 0.4) is 0 Å². The van der Waals surface area contributed by atoms with Crippen molar-refractivity contribution in [2.45, 2.75) is 31.6 Å². The molecule has 0 bridgehead atoms. The van der Waals surface area contributed by atoms with Gasteiger partial charge in [0.05, 0.1) is 12.8 Å². The molecule has 1 saturated carbocycles.